The SMILES string of the molecule is [B][C@@H]1O[C@@](/C=C/P(C)(C)=O)(CC)C[C@@H](P(OCCC)N(C(C)C)C(C)C)[C@H]1O. The highest BCUT2D eigenvalue weighted by atomic mass is 31.2. The molecule has 0 aromatic heterocycles. The minimum atomic E-state index is -2.33. The zero-order valence-electron chi connectivity index (χ0n) is 19.0. The van der Waals surface area contributed by atoms with E-state index in [1.165, 1.54) is 0 Å². The molecule has 0 aromatic carbocycles. The van der Waals surface area contributed by atoms with Crippen molar-refractivity contribution in [2.45, 2.75) is 96.3 Å². The van der Waals surface area contributed by atoms with Crippen molar-refractivity contribution in [1.29, 1.82) is 0 Å². The van der Waals surface area contributed by atoms with Crippen LogP contribution in [0.1, 0.15) is 60.8 Å². The molecule has 0 aromatic rings. The van der Waals surface area contributed by atoms with Crippen molar-refractivity contribution < 1.29 is 18.9 Å². The molecule has 1 unspecified atom stereocenters. The van der Waals surface area contributed by atoms with Crippen LogP contribution in [0.3, 0.4) is 0 Å². The van der Waals surface area contributed by atoms with E-state index in [0.717, 1.165) is 6.42 Å². The molecule has 0 saturated carbocycles. The highest BCUT2D eigenvalue weighted by Crippen LogP contribution is 2.56. The monoisotopic (exact) mass is 431 g/mol. The normalized spacial score (nSPS) is 30.6. The molecule has 28 heavy (non-hydrogen) atoms. The number of nitrogens with zero attached hydrogens (tertiary/aromatic N) is 1. The van der Waals surface area contributed by atoms with Crippen molar-refractivity contribution in [2.75, 3.05) is 19.9 Å². The number of aliphatic hydroxyl groups excluding tert-OH is 1. The van der Waals surface area contributed by atoms with Gasteiger partial charge in [0.2, 0.25) is 0 Å². The molecule has 8 heteroatoms. The lowest BCUT2D eigenvalue weighted by molar-refractivity contribution is -0.119. The van der Waals surface area contributed by atoms with E-state index in [1.54, 1.807) is 19.1 Å². The Hall–Kier alpha value is 0.305. The van der Waals surface area contributed by atoms with Crippen molar-refractivity contribution >= 4 is 23.3 Å². The van der Waals surface area contributed by atoms with Gasteiger partial charge in [-0.15, -0.1) is 0 Å². The molecule has 1 saturated heterocycles. The van der Waals surface area contributed by atoms with Crippen molar-refractivity contribution in [3.63, 3.8) is 0 Å². The molecule has 0 spiro atoms. The van der Waals surface area contributed by atoms with Gasteiger partial charge in [0.1, 0.15) is 23.3 Å². The van der Waals surface area contributed by atoms with Gasteiger partial charge in [-0.3, -0.25) is 4.67 Å². The Morgan fingerprint density at radius 3 is 2.32 bits per heavy atom. The molecule has 1 N–H and O–H groups in total. The molecule has 0 bridgehead atoms. The van der Waals surface area contributed by atoms with Crippen LogP contribution in [0.25, 0.3) is 0 Å². The van der Waals surface area contributed by atoms with E-state index in [0.29, 0.717) is 19.4 Å². The molecular weight excluding hydrogens is 391 g/mol. The molecule has 0 amide bonds. The Kier molecular flexibility index (Phi) is 10.4. The van der Waals surface area contributed by atoms with E-state index in [1.807, 2.05) is 13.0 Å². The maximum atomic E-state index is 12.3. The van der Waals surface area contributed by atoms with Gasteiger partial charge in [0.05, 0.1) is 18.3 Å². The molecule has 0 aliphatic carbocycles. The Morgan fingerprint density at radius 1 is 1.32 bits per heavy atom. The van der Waals surface area contributed by atoms with Crippen LogP contribution in [0.15, 0.2) is 11.9 Å². The first-order valence-corrected chi connectivity index (χ1v) is 14.4. The standard InChI is InChI=1S/C20H40BNO4P2/c1-9-12-25-27(22(15(3)4)16(5)6)17-14-20(10-2,11-13-28(7,8)24)26-19(21)18(17)23/h11,13,15-19,23H,9-10,12,14H2,1-8H3/b13-11+/t17-,18-,19-,20-,27?/m1/s1. The summed E-state index contributed by atoms with van der Waals surface area (Å²) in [6, 6.07) is -0.229. The zero-order chi connectivity index (χ0) is 21.7. The molecule has 1 fully saturated rings. The van der Waals surface area contributed by atoms with Gasteiger partial charge in [0, 0.05) is 23.7 Å². The van der Waals surface area contributed by atoms with Crippen molar-refractivity contribution in [2.24, 2.45) is 0 Å². The Bertz CT molecular complexity index is 546. The Morgan fingerprint density at radius 2 is 1.89 bits per heavy atom. The summed E-state index contributed by atoms with van der Waals surface area (Å²) in [4.78, 5) is 0. The van der Waals surface area contributed by atoms with Gasteiger partial charge in [-0.1, -0.05) is 13.8 Å². The van der Waals surface area contributed by atoms with E-state index in [2.05, 4.69) is 39.3 Å². The Labute approximate surface area is 175 Å². The summed E-state index contributed by atoms with van der Waals surface area (Å²) in [6.45, 7) is 16.9. The van der Waals surface area contributed by atoms with E-state index >= 15 is 0 Å². The van der Waals surface area contributed by atoms with Crippen molar-refractivity contribution in [1.82, 2.24) is 4.67 Å². The summed E-state index contributed by atoms with van der Waals surface area (Å²) in [5.74, 6) is 1.76. The fourth-order valence-electron chi connectivity index (χ4n) is 3.63. The first-order chi connectivity index (χ1) is 12.9. The molecular formula is C20H40BNO4P2. The number of rotatable bonds is 10. The molecule has 162 valence electrons. The maximum Gasteiger partial charge on any atom is 0.112 e. The van der Waals surface area contributed by atoms with Crippen LogP contribution in [0.5, 0.6) is 0 Å². The molecule has 5 atom stereocenters. The summed E-state index contributed by atoms with van der Waals surface area (Å²) < 4.78 is 27.1. The Balaban J connectivity index is 3.32. The smallest absolute Gasteiger partial charge is 0.112 e. The van der Waals surface area contributed by atoms with Crippen LogP contribution < -0.4 is 0 Å². The van der Waals surface area contributed by atoms with Crippen molar-refractivity contribution in [3.8, 4) is 0 Å². The second kappa shape index (κ2) is 11.1. The largest absolute Gasteiger partial charge is 0.390 e. The van der Waals surface area contributed by atoms with E-state index in [9.17, 15) is 9.67 Å². The van der Waals surface area contributed by atoms with Gasteiger partial charge in [0.25, 0.3) is 0 Å². The van der Waals surface area contributed by atoms with Crippen LogP contribution in [0.4, 0.5) is 0 Å². The van der Waals surface area contributed by atoms with Gasteiger partial charge in [0.15, 0.2) is 0 Å². The van der Waals surface area contributed by atoms with Crippen LogP contribution in [-0.2, 0) is 13.8 Å². The zero-order valence-corrected chi connectivity index (χ0v) is 20.7. The maximum absolute atomic E-state index is 12.3. The fourth-order valence-corrected chi connectivity index (χ4v) is 7.10. The van der Waals surface area contributed by atoms with Gasteiger partial charge in [-0.2, -0.15) is 0 Å². The van der Waals surface area contributed by atoms with Crippen LogP contribution in [0.2, 0.25) is 0 Å². The quantitative estimate of drug-likeness (QED) is 0.399. The third-order valence-electron chi connectivity index (χ3n) is 4.99. The average molecular weight is 431 g/mol. The predicted octanol–water partition coefficient (Wildman–Crippen LogP) is 4.77. The minimum Gasteiger partial charge on any atom is -0.390 e. The molecule has 1 heterocycles. The topological polar surface area (TPSA) is 59.0 Å². The summed E-state index contributed by atoms with van der Waals surface area (Å²) >= 11 is 0. The van der Waals surface area contributed by atoms with Gasteiger partial charge in [-0.05, 0) is 72.2 Å². The number of aliphatic hydroxyl groups is 1. The molecule has 1 aliphatic heterocycles. The van der Waals surface area contributed by atoms with E-state index in [-0.39, 0.29) is 17.7 Å². The first-order valence-electron chi connectivity index (χ1n) is 10.4. The molecule has 1 rings (SSSR count). The summed E-state index contributed by atoms with van der Waals surface area (Å²) in [5, 5.41) is 11.0. The number of ether oxygens (including phenoxy) is 1. The lowest BCUT2D eigenvalue weighted by Gasteiger charge is -2.50. The van der Waals surface area contributed by atoms with Crippen LogP contribution in [0, 0.1) is 0 Å². The highest BCUT2D eigenvalue weighted by Gasteiger charge is 2.48. The van der Waals surface area contributed by atoms with Crippen LogP contribution in [-0.4, -0.2) is 73.0 Å². The molecule has 1 aliphatic rings. The number of hydrogen-bond acceptors (Lipinski definition) is 5. The van der Waals surface area contributed by atoms with Gasteiger partial charge in [-0.25, -0.2) is 0 Å². The highest BCUT2D eigenvalue weighted by molar-refractivity contribution is 7.65. The van der Waals surface area contributed by atoms with Crippen LogP contribution >= 0.6 is 15.4 Å². The van der Waals surface area contributed by atoms with E-state index < -0.39 is 33.1 Å². The van der Waals surface area contributed by atoms with Gasteiger partial charge >= 0.3 is 0 Å². The average Bonchev–Trinajstić information content (AvgIpc) is 2.58. The van der Waals surface area contributed by atoms with E-state index in [4.69, 9.17) is 17.1 Å². The summed E-state index contributed by atoms with van der Waals surface area (Å²) in [5.41, 5.74) is -0.784. The van der Waals surface area contributed by atoms with Gasteiger partial charge < -0.3 is 18.9 Å². The second-order valence-electron chi connectivity index (χ2n) is 8.72. The molecule has 5 nitrogen and oxygen atoms in total. The lowest BCUT2D eigenvalue weighted by Crippen LogP contribution is -2.55. The lowest BCUT2D eigenvalue weighted by atomic mass is 9.81. The second-order valence-corrected chi connectivity index (χ2v) is 13.9. The number of hydrogen-bond donors (Lipinski definition) is 1. The third-order valence-corrected chi connectivity index (χ3v) is 8.74. The minimum absolute atomic E-state index is 0.146. The van der Waals surface area contributed by atoms with Crippen molar-refractivity contribution in [3.05, 3.63) is 11.9 Å². The predicted molar refractivity (Wildman–Crippen MR) is 122 cm³/mol. The third kappa shape index (κ3) is 7.22. The first kappa shape index (κ1) is 26.3. The summed E-state index contributed by atoms with van der Waals surface area (Å²) in [6.07, 6.45) is 3.32. The summed E-state index contributed by atoms with van der Waals surface area (Å²) in [7, 11) is 2.83. The molecule has 2 radical (unpaired) electrons. The fraction of sp³-hybridized carbons (Fsp3) is 0.900.